The van der Waals surface area contributed by atoms with E-state index in [0.717, 1.165) is 22.9 Å². The van der Waals surface area contributed by atoms with Crippen molar-refractivity contribution in [2.75, 3.05) is 0 Å². The van der Waals surface area contributed by atoms with E-state index in [1.807, 2.05) is 13.0 Å². The van der Waals surface area contributed by atoms with E-state index in [-0.39, 0.29) is 0 Å². The average Bonchev–Trinajstić information content (AvgIpc) is 2.94. The summed E-state index contributed by atoms with van der Waals surface area (Å²) in [6.45, 7) is 1.08. The molecule has 1 heterocycles. The molecule has 1 aliphatic rings. The lowest BCUT2D eigenvalue weighted by atomic mass is 10.1. The Balaban J connectivity index is 1.85. The number of halogens is 1. The van der Waals surface area contributed by atoms with E-state index in [1.165, 1.54) is 6.07 Å². The second-order valence-electron chi connectivity index (χ2n) is 5.55. The van der Waals surface area contributed by atoms with Crippen LogP contribution in [0.5, 0.6) is 11.5 Å². The number of aryl methyl sites for hydroxylation is 1. The minimum absolute atomic E-state index is 0.298. The van der Waals surface area contributed by atoms with Gasteiger partial charge in [0.25, 0.3) is 11.1 Å². The van der Waals surface area contributed by atoms with E-state index in [4.69, 9.17) is 10.00 Å². The Kier molecular flexibility index (Phi) is 5.05. The van der Waals surface area contributed by atoms with Gasteiger partial charge in [-0.2, -0.15) is 5.26 Å². The highest BCUT2D eigenvalue weighted by molar-refractivity contribution is 8.18. The van der Waals surface area contributed by atoms with Crippen LogP contribution < -0.4 is 10.1 Å². The Bertz CT molecular complexity index is 979. The van der Waals surface area contributed by atoms with Crippen molar-refractivity contribution in [3.8, 4) is 17.6 Å². The summed E-state index contributed by atoms with van der Waals surface area (Å²) >= 11 is 0.852. The minimum Gasteiger partial charge on any atom is -0.457 e. The molecule has 1 fully saturated rings. The third-order valence-electron chi connectivity index (χ3n) is 3.69. The van der Waals surface area contributed by atoms with E-state index in [9.17, 15) is 14.0 Å². The SMILES string of the molecule is Cc1cc(/C=C2\SC(=O)NC2=O)ccc1Oc1ccc(C#N)cc1CF. The minimum atomic E-state index is -0.742. The van der Waals surface area contributed by atoms with Crippen molar-refractivity contribution in [2.45, 2.75) is 13.6 Å². The lowest BCUT2D eigenvalue weighted by molar-refractivity contribution is -0.115. The number of carbonyl (C=O) groups is 2. The summed E-state index contributed by atoms with van der Waals surface area (Å²) in [7, 11) is 0. The number of ether oxygens (including phenoxy) is 1. The first-order valence-corrected chi connectivity index (χ1v) is 8.44. The predicted octanol–water partition coefficient (Wildman–Crippen LogP) is 4.45. The monoisotopic (exact) mass is 368 g/mol. The summed E-state index contributed by atoms with van der Waals surface area (Å²) < 4.78 is 19.0. The molecule has 2 aromatic carbocycles. The van der Waals surface area contributed by atoms with Gasteiger partial charge in [0.2, 0.25) is 0 Å². The van der Waals surface area contributed by atoms with Crippen molar-refractivity contribution in [1.82, 2.24) is 5.32 Å². The van der Waals surface area contributed by atoms with E-state index in [1.54, 1.807) is 36.4 Å². The largest absolute Gasteiger partial charge is 0.457 e. The van der Waals surface area contributed by atoms with Gasteiger partial charge in [-0.15, -0.1) is 0 Å². The Morgan fingerprint density at radius 1 is 1.23 bits per heavy atom. The van der Waals surface area contributed by atoms with Crippen LogP contribution in [0.4, 0.5) is 9.18 Å². The van der Waals surface area contributed by atoms with Crippen LogP contribution in [0.25, 0.3) is 6.08 Å². The standard InChI is InChI=1S/C19H13FN2O3S/c1-11-6-12(8-17-18(23)22-19(24)26-17)2-4-15(11)25-16-5-3-13(10-21)7-14(16)9-20/h2-8H,9H2,1H3,(H,22,23,24)/b17-8-. The molecule has 1 aliphatic heterocycles. The van der Waals surface area contributed by atoms with Crippen molar-refractivity contribution in [3.05, 3.63) is 63.6 Å². The van der Waals surface area contributed by atoms with Gasteiger partial charge in [0.15, 0.2) is 0 Å². The summed E-state index contributed by atoms with van der Waals surface area (Å²) in [5.74, 6) is 0.464. The summed E-state index contributed by atoms with van der Waals surface area (Å²) in [6, 6.07) is 11.8. The quantitative estimate of drug-likeness (QED) is 0.807. The number of thioether (sulfide) groups is 1. The third kappa shape index (κ3) is 3.76. The highest BCUT2D eigenvalue weighted by atomic mass is 32.2. The molecule has 2 aromatic rings. The fourth-order valence-electron chi connectivity index (χ4n) is 2.42. The number of nitrogens with zero attached hydrogens (tertiary/aromatic N) is 1. The maximum atomic E-state index is 13.2. The molecule has 0 aromatic heterocycles. The first-order valence-electron chi connectivity index (χ1n) is 7.62. The number of carbonyl (C=O) groups excluding carboxylic acids is 2. The summed E-state index contributed by atoms with van der Waals surface area (Å²) in [5, 5.41) is 10.7. The Labute approximate surface area is 153 Å². The number of amides is 2. The van der Waals surface area contributed by atoms with Crippen molar-refractivity contribution in [1.29, 1.82) is 5.26 Å². The molecule has 5 nitrogen and oxygen atoms in total. The predicted molar refractivity (Wildman–Crippen MR) is 96.3 cm³/mol. The van der Waals surface area contributed by atoms with Crippen molar-refractivity contribution in [2.24, 2.45) is 0 Å². The topological polar surface area (TPSA) is 79.2 Å². The molecule has 26 heavy (non-hydrogen) atoms. The fourth-order valence-corrected chi connectivity index (χ4v) is 3.10. The Morgan fingerprint density at radius 2 is 2.00 bits per heavy atom. The van der Waals surface area contributed by atoms with Gasteiger partial charge in [0.1, 0.15) is 18.2 Å². The average molecular weight is 368 g/mol. The van der Waals surface area contributed by atoms with Crippen LogP contribution in [0.1, 0.15) is 22.3 Å². The third-order valence-corrected chi connectivity index (χ3v) is 4.50. The normalized spacial score (nSPS) is 15.0. The van der Waals surface area contributed by atoms with Crippen LogP contribution in [-0.4, -0.2) is 11.1 Å². The number of hydrogen-bond donors (Lipinski definition) is 1. The molecule has 0 saturated carbocycles. The molecule has 0 aliphatic carbocycles. The smallest absolute Gasteiger partial charge is 0.290 e. The van der Waals surface area contributed by atoms with Crippen molar-refractivity contribution < 1.29 is 18.7 Å². The number of alkyl halides is 1. The van der Waals surface area contributed by atoms with Crippen LogP contribution in [-0.2, 0) is 11.5 Å². The molecule has 7 heteroatoms. The zero-order valence-corrected chi connectivity index (χ0v) is 14.5. The lowest BCUT2D eigenvalue weighted by Crippen LogP contribution is -2.17. The van der Waals surface area contributed by atoms with Gasteiger partial charge in [-0.1, -0.05) is 6.07 Å². The molecule has 0 bridgehead atoms. The fraction of sp³-hybridized carbons (Fsp3) is 0.105. The number of nitriles is 1. The molecule has 0 radical (unpaired) electrons. The zero-order valence-electron chi connectivity index (χ0n) is 13.7. The molecule has 2 amide bonds. The molecule has 1 saturated heterocycles. The van der Waals surface area contributed by atoms with Gasteiger partial charge in [-0.25, -0.2) is 4.39 Å². The Morgan fingerprint density at radius 3 is 2.62 bits per heavy atom. The van der Waals surface area contributed by atoms with Gasteiger partial charge in [-0.05, 0) is 66.2 Å². The number of imide groups is 1. The molecule has 0 unspecified atom stereocenters. The van der Waals surface area contributed by atoms with Gasteiger partial charge in [0, 0.05) is 5.56 Å². The first kappa shape index (κ1) is 17.7. The van der Waals surface area contributed by atoms with Crippen LogP contribution in [0.3, 0.4) is 0 Å². The molecular weight excluding hydrogens is 355 g/mol. The van der Waals surface area contributed by atoms with Crippen LogP contribution in [0, 0.1) is 18.3 Å². The lowest BCUT2D eigenvalue weighted by Gasteiger charge is -2.12. The van der Waals surface area contributed by atoms with E-state index < -0.39 is 17.8 Å². The van der Waals surface area contributed by atoms with Crippen LogP contribution >= 0.6 is 11.8 Å². The van der Waals surface area contributed by atoms with Crippen LogP contribution in [0.2, 0.25) is 0 Å². The highest BCUT2D eigenvalue weighted by Gasteiger charge is 2.24. The van der Waals surface area contributed by atoms with E-state index in [2.05, 4.69) is 5.32 Å². The van der Waals surface area contributed by atoms with Crippen molar-refractivity contribution in [3.63, 3.8) is 0 Å². The first-order chi connectivity index (χ1) is 12.5. The summed E-state index contributed by atoms with van der Waals surface area (Å²) in [6.07, 6.45) is 1.62. The Hall–Kier alpha value is -3.11. The molecule has 3 rings (SSSR count). The summed E-state index contributed by atoms with van der Waals surface area (Å²) in [5.41, 5.74) is 2.19. The molecule has 130 valence electrons. The second-order valence-corrected chi connectivity index (χ2v) is 6.56. The number of rotatable bonds is 4. The van der Waals surface area contributed by atoms with Gasteiger partial charge >= 0.3 is 0 Å². The molecular formula is C19H13FN2O3S. The molecule has 1 N–H and O–H groups in total. The molecule has 0 spiro atoms. The highest BCUT2D eigenvalue weighted by Crippen LogP contribution is 2.31. The van der Waals surface area contributed by atoms with Gasteiger partial charge in [-0.3, -0.25) is 14.9 Å². The number of nitrogens with one attached hydrogen (secondary N) is 1. The van der Waals surface area contributed by atoms with Crippen LogP contribution in [0.15, 0.2) is 41.3 Å². The summed E-state index contributed by atoms with van der Waals surface area (Å²) in [4.78, 5) is 23.1. The number of hydrogen-bond acceptors (Lipinski definition) is 5. The van der Waals surface area contributed by atoms with Crippen molar-refractivity contribution >= 4 is 29.0 Å². The molecule has 0 atom stereocenters. The van der Waals surface area contributed by atoms with E-state index >= 15 is 0 Å². The maximum Gasteiger partial charge on any atom is 0.290 e. The maximum absolute atomic E-state index is 13.2. The van der Waals surface area contributed by atoms with Gasteiger partial charge < -0.3 is 4.74 Å². The zero-order chi connectivity index (χ0) is 18.7. The van der Waals surface area contributed by atoms with Gasteiger partial charge in [0.05, 0.1) is 16.5 Å². The second kappa shape index (κ2) is 7.42. The number of benzene rings is 2. The van der Waals surface area contributed by atoms with E-state index in [0.29, 0.717) is 27.5 Å².